The van der Waals surface area contributed by atoms with Crippen LogP contribution < -0.4 is 5.73 Å². The van der Waals surface area contributed by atoms with Gasteiger partial charge in [-0.3, -0.25) is 0 Å². The summed E-state index contributed by atoms with van der Waals surface area (Å²) < 4.78 is 0. The van der Waals surface area contributed by atoms with E-state index >= 15 is 0 Å². The molecule has 0 amide bonds. The van der Waals surface area contributed by atoms with E-state index in [0.717, 1.165) is 21.8 Å². The molecule has 4 nitrogen and oxygen atoms in total. The third-order valence-corrected chi connectivity index (χ3v) is 4.26. The number of nitrogen functional groups attached to an aromatic ring is 1. The minimum Gasteiger partial charge on any atom is -0.399 e. The lowest BCUT2D eigenvalue weighted by molar-refractivity contribution is 0.204. The topological polar surface area (TPSA) is 74.9 Å². The SMILES string of the molecule is Cc1ccc2nc(SCC(O)c3ccc(N)cc3)[nH]c2c1. The van der Waals surface area contributed by atoms with Crippen molar-refractivity contribution in [1.29, 1.82) is 0 Å². The van der Waals surface area contributed by atoms with Crippen molar-refractivity contribution in [3.63, 3.8) is 0 Å². The van der Waals surface area contributed by atoms with Gasteiger partial charge in [0.1, 0.15) is 0 Å². The van der Waals surface area contributed by atoms with Gasteiger partial charge in [0, 0.05) is 11.4 Å². The Balaban J connectivity index is 1.69. The molecule has 3 rings (SSSR count). The Morgan fingerprint density at radius 1 is 1.24 bits per heavy atom. The summed E-state index contributed by atoms with van der Waals surface area (Å²) in [5.41, 5.74) is 10.4. The Morgan fingerprint density at radius 2 is 2.00 bits per heavy atom. The number of nitrogens with zero attached hydrogens (tertiary/aromatic N) is 1. The summed E-state index contributed by atoms with van der Waals surface area (Å²) in [5, 5.41) is 11.0. The van der Waals surface area contributed by atoms with Crippen LogP contribution in [0.4, 0.5) is 5.69 Å². The molecule has 108 valence electrons. The van der Waals surface area contributed by atoms with E-state index < -0.39 is 6.10 Å². The molecule has 3 aromatic rings. The van der Waals surface area contributed by atoms with Gasteiger partial charge in [-0.05, 0) is 42.3 Å². The van der Waals surface area contributed by atoms with E-state index in [0.29, 0.717) is 11.4 Å². The summed E-state index contributed by atoms with van der Waals surface area (Å²) in [6.07, 6.45) is -0.537. The average Bonchev–Trinajstić information content (AvgIpc) is 2.87. The van der Waals surface area contributed by atoms with Crippen LogP contribution in [0, 0.1) is 6.92 Å². The zero-order valence-electron chi connectivity index (χ0n) is 11.7. The Labute approximate surface area is 127 Å². The molecule has 1 atom stereocenters. The number of aliphatic hydroxyl groups is 1. The predicted molar refractivity (Wildman–Crippen MR) is 87.4 cm³/mol. The standard InChI is InChI=1S/C16H17N3OS/c1-10-2-7-13-14(8-10)19-16(18-13)21-9-15(20)11-3-5-12(17)6-4-11/h2-8,15,20H,9,17H2,1H3,(H,18,19). The molecular weight excluding hydrogens is 282 g/mol. The maximum atomic E-state index is 10.2. The third kappa shape index (κ3) is 3.20. The molecule has 0 aliphatic heterocycles. The van der Waals surface area contributed by atoms with E-state index in [2.05, 4.69) is 23.0 Å². The van der Waals surface area contributed by atoms with Gasteiger partial charge >= 0.3 is 0 Å². The number of H-pyrrole nitrogens is 1. The number of hydrogen-bond acceptors (Lipinski definition) is 4. The van der Waals surface area contributed by atoms with Crippen LogP contribution in [0.5, 0.6) is 0 Å². The molecule has 4 N–H and O–H groups in total. The molecule has 1 aromatic heterocycles. The van der Waals surface area contributed by atoms with Crippen molar-refractivity contribution >= 4 is 28.5 Å². The number of aromatic nitrogens is 2. The summed E-state index contributed by atoms with van der Waals surface area (Å²) in [6.45, 7) is 2.05. The Morgan fingerprint density at radius 3 is 2.76 bits per heavy atom. The molecule has 2 aromatic carbocycles. The van der Waals surface area contributed by atoms with Crippen LogP contribution in [0.3, 0.4) is 0 Å². The summed E-state index contributed by atoms with van der Waals surface area (Å²) in [4.78, 5) is 7.78. The highest BCUT2D eigenvalue weighted by atomic mass is 32.2. The Kier molecular flexibility index (Phi) is 3.86. The molecule has 0 spiro atoms. The molecule has 0 radical (unpaired) electrons. The lowest BCUT2D eigenvalue weighted by Crippen LogP contribution is -2.01. The van der Waals surface area contributed by atoms with E-state index in [9.17, 15) is 5.11 Å². The number of hydrogen-bond donors (Lipinski definition) is 3. The molecule has 1 unspecified atom stereocenters. The van der Waals surface area contributed by atoms with Crippen LogP contribution in [0.2, 0.25) is 0 Å². The van der Waals surface area contributed by atoms with Crippen LogP contribution >= 0.6 is 11.8 Å². The number of fused-ring (bicyclic) bond motifs is 1. The number of benzene rings is 2. The van der Waals surface area contributed by atoms with E-state index in [1.54, 1.807) is 12.1 Å². The number of aliphatic hydroxyl groups excluding tert-OH is 1. The van der Waals surface area contributed by atoms with Gasteiger partial charge < -0.3 is 15.8 Å². The number of thioether (sulfide) groups is 1. The number of imidazole rings is 1. The van der Waals surface area contributed by atoms with Crippen LogP contribution in [0.1, 0.15) is 17.2 Å². The quantitative estimate of drug-likeness (QED) is 0.510. The third-order valence-electron chi connectivity index (χ3n) is 3.31. The normalized spacial score (nSPS) is 12.7. The van der Waals surface area contributed by atoms with Gasteiger partial charge in [-0.2, -0.15) is 0 Å². The molecule has 0 bridgehead atoms. The number of aryl methyl sites for hydroxylation is 1. The minimum atomic E-state index is -0.537. The lowest BCUT2D eigenvalue weighted by Gasteiger charge is -2.09. The fraction of sp³-hybridized carbons (Fsp3) is 0.188. The number of nitrogens with two attached hydrogens (primary N) is 1. The van der Waals surface area contributed by atoms with Gasteiger partial charge in [0.25, 0.3) is 0 Å². The first-order valence-electron chi connectivity index (χ1n) is 6.74. The molecule has 0 aliphatic carbocycles. The number of rotatable bonds is 4. The second-order valence-corrected chi connectivity index (χ2v) is 6.06. The van der Waals surface area contributed by atoms with Gasteiger partial charge in [0.05, 0.1) is 17.1 Å². The van der Waals surface area contributed by atoms with Crippen molar-refractivity contribution in [2.45, 2.75) is 18.2 Å². The van der Waals surface area contributed by atoms with E-state index in [1.807, 2.05) is 24.3 Å². The molecule has 5 heteroatoms. The van der Waals surface area contributed by atoms with Gasteiger partial charge in [-0.1, -0.05) is 30.0 Å². The maximum Gasteiger partial charge on any atom is 0.166 e. The Bertz CT molecular complexity index is 752. The van der Waals surface area contributed by atoms with Crippen LogP contribution in [0.25, 0.3) is 11.0 Å². The molecule has 0 saturated carbocycles. The molecular formula is C16H17N3OS. The van der Waals surface area contributed by atoms with Crippen molar-refractivity contribution < 1.29 is 5.11 Å². The summed E-state index contributed by atoms with van der Waals surface area (Å²) >= 11 is 1.51. The van der Waals surface area contributed by atoms with Crippen molar-refractivity contribution in [2.24, 2.45) is 0 Å². The van der Waals surface area contributed by atoms with Gasteiger partial charge in [-0.25, -0.2) is 4.98 Å². The number of anilines is 1. The molecule has 0 fully saturated rings. The zero-order valence-corrected chi connectivity index (χ0v) is 12.5. The first-order valence-corrected chi connectivity index (χ1v) is 7.73. The first kappa shape index (κ1) is 14.0. The lowest BCUT2D eigenvalue weighted by atomic mass is 10.1. The monoisotopic (exact) mass is 299 g/mol. The minimum absolute atomic E-state index is 0.537. The van der Waals surface area contributed by atoms with Gasteiger partial charge in [0.2, 0.25) is 0 Å². The largest absolute Gasteiger partial charge is 0.399 e. The smallest absolute Gasteiger partial charge is 0.166 e. The molecule has 1 heterocycles. The molecule has 0 saturated heterocycles. The van der Waals surface area contributed by atoms with E-state index in [4.69, 9.17) is 5.73 Å². The van der Waals surface area contributed by atoms with E-state index in [1.165, 1.54) is 17.3 Å². The summed E-state index contributed by atoms with van der Waals surface area (Å²) in [7, 11) is 0. The summed E-state index contributed by atoms with van der Waals surface area (Å²) in [5.74, 6) is 0.544. The maximum absolute atomic E-state index is 10.2. The Hall–Kier alpha value is -1.98. The fourth-order valence-corrected chi connectivity index (χ4v) is 2.99. The second kappa shape index (κ2) is 5.79. The predicted octanol–water partition coefficient (Wildman–Crippen LogP) is 3.28. The highest BCUT2D eigenvalue weighted by molar-refractivity contribution is 7.99. The zero-order chi connectivity index (χ0) is 14.8. The first-order chi connectivity index (χ1) is 10.1. The van der Waals surface area contributed by atoms with Crippen molar-refractivity contribution in [1.82, 2.24) is 9.97 Å². The van der Waals surface area contributed by atoms with Gasteiger partial charge in [0.15, 0.2) is 5.16 Å². The van der Waals surface area contributed by atoms with Crippen molar-refractivity contribution in [2.75, 3.05) is 11.5 Å². The number of nitrogens with one attached hydrogen (secondary N) is 1. The van der Waals surface area contributed by atoms with Crippen molar-refractivity contribution in [3.05, 3.63) is 53.6 Å². The summed E-state index contributed by atoms with van der Waals surface area (Å²) in [6, 6.07) is 13.4. The van der Waals surface area contributed by atoms with E-state index in [-0.39, 0.29) is 0 Å². The average molecular weight is 299 g/mol. The number of aromatic amines is 1. The molecule has 21 heavy (non-hydrogen) atoms. The van der Waals surface area contributed by atoms with Gasteiger partial charge in [-0.15, -0.1) is 0 Å². The highest BCUT2D eigenvalue weighted by Gasteiger charge is 2.10. The fourth-order valence-electron chi connectivity index (χ4n) is 2.14. The molecule has 0 aliphatic rings. The highest BCUT2D eigenvalue weighted by Crippen LogP contribution is 2.25. The van der Waals surface area contributed by atoms with Crippen LogP contribution in [-0.2, 0) is 0 Å². The van der Waals surface area contributed by atoms with Crippen molar-refractivity contribution in [3.8, 4) is 0 Å². The second-order valence-electron chi connectivity index (χ2n) is 5.06. The van der Waals surface area contributed by atoms with Crippen LogP contribution in [0.15, 0.2) is 47.6 Å². The van der Waals surface area contributed by atoms with Crippen LogP contribution in [-0.4, -0.2) is 20.8 Å².